The second-order valence-electron chi connectivity index (χ2n) is 2.33. The van der Waals surface area contributed by atoms with Gasteiger partial charge in [0.15, 0.2) is 0 Å². The summed E-state index contributed by atoms with van der Waals surface area (Å²) in [6, 6.07) is 0. The molecular weight excluding hydrogens is 156 g/mol. The van der Waals surface area contributed by atoms with Gasteiger partial charge in [-0.15, -0.1) is 0 Å². The molecule has 0 rings (SSSR count). The van der Waals surface area contributed by atoms with Crippen molar-refractivity contribution in [2.24, 2.45) is 5.92 Å². The second kappa shape index (κ2) is 3.01. The van der Waals surface area contributed by atoms with Crippen LogP contribution in [0, 0.1) is 5.92 Å². The average molecular weight is 166 g/mol. The summed E-state index contributed by atoms with van der Waals surface area (Å²) in [5.74, 6) is -2.18. The van der Waals surface area contributed by atoms with Crippen LogP contribution < -0.4 is 0 Å². The lowest BCUT2D eigenvalue weighted by atomic mass is 10.2. The number of carboxylic acid groups (broad SMARTS) is 1. The highest BCUT2D eigenvalue weighted by molar-refractivity contribution is 7.90. The van der Waals surface area contributed by atoms with Crippen LogP contribution in [0.3, 0.4) is 0 Å². The molecule has 0 aliphatic carbocycles. The first-order valence-corrected chi connectivity index (χ1v) is 4.79. The predicted octanol–water partition coefficient (Wildman–Crippen LogP) is -0.248. The van der Waals surface area contributed by atoms with E-state index in [0.717, 1.165) is 6.26 Å². The van der Waals surface area contributed by atoms with E-state index in [1.165, 1.54) is 6.92 Å². The molecule has 0 saturated carbocycles. The van der Waals surface area contributed by atoms with Gasteiger partial charge < -0.3 is 5.11 Å². The first kappa shape index (κ1) is 9.42. The highest BCUT2D eigenvalue weighted by Crippen LogP contribution is 1.98. The monoisotopic (exact) mass is 166 g/mol. The van der Waals surface area contributed by atoms with Crippen LogP contribution in [0.25, 0.3) is 0 Å². The summed E-state index contributed by atoms with van der Waals surface area (Å²) in [6.07, 6.45) is 1.02. The zero-order valence-electron chi connectivity index (χ0n) is 5.86. The van der Waals surface area contributed by atoms with Crippen LogP contribution in [-0.2, 0) is 14.6 Å². The zero-order chi connectivity index (χ0) is 8.36. The van der Waals surface area contributed by atoms with Crippen molar-refractivity contribution in [1.29, 1.82) is 0 Å². The van der Waals surface area contributed by atoms with Gasteiger partial charge in [0.25, 0.3) is 0 Å². The van der Waals surface area contributed by atoms with E-state index < -0.39 is 21.7 Å². The molecule has 4 nitrogen and oxygen atoms in total. The molecule has 10 heavy (non-hydrogen) atoms. The smallest absolute Gasteiger partial charge is 0.307 e. The molecule has 0 aliphatic heterocycles. The van der Waals surface area contributed by atoms with Crippen molar-refractivity contribution in [3.8, 4) is 0 Å². The van der Waals surface area contributed by atoms with Crippen LogP contribution in [0.4, 0.5) is 0 Å². The van der Waals surface area contributed by atoms with E-state index in [9.17, 15) is 13.2 Å². The lowest BCUT2D eigenvalue weighted by molar-refractivity contribution is -0.140. The van der Waals surface area contributed by atoms with Crippen LogP contribution in [0.15, 0.2) is 0 Å². The average Bonchev–Trinajstić information content (AvgIpc) is 1.60. The third-order valence-electron chi connectivity index (χ3n) is 0.974. The SMILES string of the molecule is C[C@H](CS(C)(=O)=O)C(=O)O. The summed E-state index contributed by atoms with van der Waals surface area (Å²) >= 11 is 0. The van der Waals surface area contributed by atoms with E-state index in [-0.39, 0.29) is 5.75 Å². The Kier molecular flexibility index (Phi) is 2.83. The molecule has 0 aromatic heterocycles. The molecule has 0 aromatic rings. The predicted molar refractivity (Wildman–Crippen MR) is 36.5 cm³/mol. The fraction of sp³-hybridized carbons (Fsp3) is 0.800. The molecule has 60 valence electrons. The molecule has 0 unspecified atom stereocenters. The highest BCUT2D eigenvalue weighted by Gasteiger charge is 2.16. The number of aliphatic carboxylic acids is 1. The molecule has 0 radical (unpaired) electrons. The van der Waals surface area contributed by atoms with E-state index in [1.807, 2.05) is 0 Å². The Bertz CT molecular complexity index is 216. The maximum atomic E-state index is 10.5. The van der Waals surface area contributed by atoms with Crippen molar-refractivity contribution < 1.29 is 18.3 Å². The largest absolute Gasteiger partial charge is 0.481 e. The van der Waals surface area contributed by atoms with E-state index in [0.29, 0.717) is 0 Å². The summed E-state index contributed by atoms with van der Waals surface area (Å²) in [7, 11) is -3.15. The van der Waals surface area contributed by atoms with Gasteiger partial charge in [0.2, 0.25) is 0 Å². The van der Waals surface area contributed by atoms with Crippen molar-refractivity contribution in [1.82, 2.24) is 0 Å². The van der Waals surface area contributed by atoms with Gasteiger partial charge in [0.1, 0.15) is 9.84 Å². The van der Waals surface area contributed by atoms with Gasteiger partial charge in [-0.1, -0.05) is 6.92 Å². The molecule has 1 N–H and O–H groups in total. The van der Waals surface area contributed by atoms with Gasteiger partial charge in [-0.3, -0.25) is 4.79 Å². The molecule has 0 aliphatic rings. The normalized spacial score (nSPS) is 14.6. The Labute approximate surface area is 59.8 Å². The molecule has 0 aromatic carbocycles. The summed E-state index contributed by atoms with van der Waals surface area (Å²) in [4.78, 5) is 10.1. The Hall–Kier alpha value is -0.580. The van der Waals surface area contributed by atoms with Crippen molar-refractivity contribution in [2.45, 2.75) is 6.92 Å². The van der Waals surface area contributed by atoms with Crippen molar-refractivity contribution in [2.75, 3.05) is 12.0 Å². The van der Waals surface area contributed by atoms with Crippen LogP contribution in [0.2, 0.25) is 0 Å². The van der Waals surface area contributed by atoms with Gasteiger partial charge in [-0.25, -0.2) is 8.42 Å². The number of carbonyl (C=O) groups is 1. The second-order valence-corrected chi connectivity index (χ2v) is 4.52. The third-order valence-corrected chi connectivity index (χ3v) is 2.08. The third kappa shape index (κ3) is 4.31. The summed E-state index contributed by atoms with van der Waals surface area (Å²) in [6.45, 7) is 1.36. The number of carboxylic acids is 1. The topological polar surface area (TPSA) is 71.4 Å². The molecule has 0 amide bonds. The molecule has 0 bridgehead atoms. The first-order chi connectivity index (χ1) is 4.33. The number of hydrogen-bond donors (Lipinski definition) is 1. The van der Waals surface area contributed by atoms with E-state index in [2.05, 4.69) is 0 Å². The first-order valence-electron chi connectivity index (χ1n) is 2.73. The van der Waals surface area contributed by atoms with Crippen molar-refractivity contribution in [3.63, 3.8) is 0 Å². The molecule has 0 fully saturated rings. The van der Waals surface area contributed by atoms with Crippen molar-refractivity contribution >= 4 is 15.8 Å². The van der Waals surface area contributed by atoms with Gasteiger partial charge >= 0.3 is 5.97 Å². The Morgan fingerprint density at radius 3 is 2.10 bits per heavy atom. The molecular formula is C5H10O4S. The van der Waals surface area contributed by atoms with E-state index >= 15 is 0 Å². The summed E-state index contributed by atoms with van der Waals surface area (Å²) in [5, 5.41) is 8.28. The maximum Gasteiger partial charge on any atom is 0.307 e. The lowest BCUT2D eigenvalue weighted by Gasteiger charge is -2.01. The fourth-order valence-electron chi connectivity index (χ4n) is 0.525. The Morgan fingerprint density at radius 2 is 2.00 bits per heavy atom. The minimum absolute atomic E-state index is 0.289. The fourth-order valence-corrected chi connectivity index (χ4v) is 1.58. The van der Waals surface area contributed by atoms with Crippen LogP contribution in [0.5, 0.6) is 0 Å². The summed E-state index contributed by atoms with van der Waals surface area (Å²) < 4.78 is 21.0. The van der Waals surface area contributed by atoms with Gasteiger partial charge in [0.05, 0.1) is 11.7 Å². The minimum Gasteiger partial charge on any atom is -0.481 e. The molecule has 0 spiro atoms. The van der Waals surface area contributed by atoms with E-state index in [1.54, 1.807) is 0 Å². The van der Waals surface area contributed by atoms with Gasteiger partial charge in [0, 0.05) is 6.26 Å². The minimum atomic E-state index is -3.15. The van der Waals surface area contributed by atoms with Crippen molar-refractivity contribution in [3.05, 3.63) is 0 Å². The number of sulfone groups is 1. The van der Waals surface area contributed by atoms with Crippen LogP contribution in [-0.4, -0.2) is 31.5 Å². The Morgan fingerprint density at radius 1 is 1.60 bits per heavy atom. The zero-order valence-corrected chi connectivity index (χ0v) is 6.68. The number of rotatable bonds is 3. The quantitative estimate of drug-likeness (QED) is 0.627. The van der Waals surface area contributed by atoms with Crippen LogP contribution in [0.1, 0.15) is 6.92 Å². The van der Waals surface area contributed by atoms with Gasteiger partial charge in [-0.05, 0) is 0 Å². The highest BCUT2D eigenvalue weighted by atomic mass is 32.2. The lowest BCUT2D eigenvalue weighted by Crippen LogP contribution is -2.19. The van der Waals surface area contributed by atoms with Gasteiger partial charge in [-0.2, -0.15) is 0 Å². The molecule has 5 heteroatoms. The maximum absolute atomic E-state index is 10.5. The molecule has 1 atom stereocenters. The number of hydrogen-bond acceptors (Lipinski definition) is 3. The standard InChI is InChI=1S/C5H10O4S/c1-4(5(6)7)3-10(2,8)9/h4H,3H2,1-2H3,(H,6,7)/t4-/m1/s1. The Balaban J connectivity index is 4.06. The van der Waals surface area contributed by atoms with E-state index in [4.69, 9.17) is 5.11 Å². The molecule has 0 heterocycles. The molecule has 0 saturated heterocycles. The summed E-state index contributed by atoms with van der Waals surface area (Å²) in [5.41, 5.74) is 0. The van der Waals surface area contributed by atoms with Crippen LogP contribution >= 0.6 is 0 Å².